The minimum Gasteiger partial charge on any atom is -0.478 e. The summed E-state index contributed by atoms with van der Waals surface area (Å²) in [4.78, 5) is 26.3. The number of aromatic carboxylic acids is 1. The Kier molecular flexibility index (Phi) is 3.20. The third-order valence-electron chi connectivity index (χ3n) is 1.94. The number of nitrogens with zero attached hydrogens (tertiary/aromatic N) is 4. The second kappa shape index (κ2) is 4.97. The van der Waals surface area contributed by atoms with Gasteiger partial charge in [0.15, 0.2) is 0 Å². The normalized spacial score (nSPS) is 9.88. The number of carboxylic acids is 1. The summed E-state index contributed by atoms with van der Waals surface area (Å²) < 4.78 is 0. The molecule has 0 aliphatic heterocycles. The van der Waals surface area contributed by atoms with Crippen LogP contribution in [0.5, 0.6) is 0 Å². The van der Waals surface area contributed by atoms with E-state index in [0.29, 0.717) is 12.5 Å². The smallest absolute Gasteiger partial charge is 0.338 e. The fraction of sp³-hybridized carbons (Fsp3) is 0.100. The molecule has 7 nitrogen and oxygen atoms in total. The molecule has 2 heterocycles. The average Bonchev–Trinajstić information content (AvgIpc) is 2.38. The first-order chi connectivity index (χ1) is 8.25. The van der Waals surface area contributed by atoms with Gasteiger partial charge < -0.3 is 10.4 Å². The van der Waals surface area contributed by atoms with Gasteiger partial charge in [-0.3, -0.25) is 9.97 Å². The zero-order valence-electron chi connectivity index (χ0n) is 8.74. The molecule has 0 aliphatic carbocycles. The van der Waals surface area contributed by atoms with Gasteiger partial charge in [-0.25, -0.2) is 14.8 Å². The Balaban J connectivity index is 1.98. The Morgan fingerprint density at radius 1 is 1.18 bits per heavy atom. The fourth-order valence-electron chi connectivity index (χ4n) is 1.12. The molecule has 0 fully saturated rings. The molecule has 0 spiro atoms. The lowest BCUT2D eigenvalue weighted by atomic mass is 10.3. The number of hydrogen-bond donors (Lipinski definition) is 2. The number of nitrogens with one attached hydrogen (secondary N) is 1. The molecule has 0 bridgehead atoms. The zero-order valence-corrected chi connectivity index (χ0v) is 8.74. The van der Waals surface area contributed by atoms with Crippen LogP contribution in [-0.4, -0.2) is 31.0 Å². The molecule has 7 heteroatoms. The average molecular weight is 231 g/mol. The highest BCUT2D eigenvalue weighted by atomic mass is 16.4. The van der Waals surface area contributed by atoms with Crippen molar-refractivity contribution in [1.29, 1.82) is 0 Å². The van der Waals surface area contributed by atoms with Gasteiger partial charge >= 0.3 is 5.97 Å². The quantitative estimate of drug-likeness (QED) is 0.793. The van der Waals surface area contributed by atoms with E-state index in [9.17, 15) is 4.79 Å². The van der Waals surface area contributed by atoms with Gasteiger partial charge in [-0.2, -0.15) is 0 Å². The third-order valence-corrected chi connectivity index (χ3v) is 1.94. The molecule has 0 unspecified atom stereocenters. The van der Waals surface area contributed by atoms with Crippen molar-refractivity contribution in [3.05, 3.63) is 42.2 Å². The van der Waals surface area contributed by atoms with E-state index in [4.69, 9.17) is 5.11 Å². The molecule has 0 amide bonds. The van der Waals surface area contributed by atoms with Crippen LogP contribution in [-0.2, 0) is 6.54 Å². The molecule has 0 saturated heterocycles. The van der Waals surface area contributed by atoms with Crippen LogP contribution in [0, 0.1) is 0 Å². The second-order valence-electron chi connectivity index (χ2n) is 3.15. The standard InChI is InChI=1S/C10H9N5O2/c16-9(17)7-3-13-10(14-4-7)15-6-8-5-11-1-2-12-8/h1-5H,6H2,(H,16,17)(H,13,14,15). The molecule has 0 atom stereocenters. The zero-order chi connectivity index (χ0) is 12.1. The third kappa shape index (κ3) is 2.94. The van der Waals surface area contributed by atoms with Gasteiger partial charge in [-0.1, -0.05) is 0 Å². The van der Waals surface area contributed by atoms with Crippen molar-refractivity contribution in [1.82, 2.24) is 19.9 Å². The Hall–Kier alpha value is -2.57. The Labute approximate surface area is 96.6 Å². The van der Waals surface area contributed by atoms with E-state index in [2.05, 4.69) is 25.3 Å². The van der Waals surface area contributed by atoms with Gasteiger partial charge in [-0.15, -0.1) is 0 Å². The number of hydrogen-bond acceptors (Lipinski definition) is 6. The van der Waals surface area contributed by atoms with Crippen molar-refractivity contribution in [2.75, 3.05) is 5.32 Å². The molecule has 0 aliphatic rings. The van der Waals surface area contributed by atoms with E-state index >= 15 is 0 Å². The van der Waals surface area contributed by atoms with Gasteiger partial charge in [0.2, 0.25) is 5.95 Å². The maximum atomic E-state index is 10.6. The summed E-state index contributed by atoms with van der Waals surface area (Å²) in [5.41, 5.74) is 0.800. The monoisotopic (exact) mass is 231 g/mol. The number of carboxylic acid groups (broad SMARTS) is 1. The maximum Gasteiger partial charge on any atom is 0.338 e. The van der Waals surface area contributed by atoms with E-state index in [1.54, 1.807) is 18.6 Å². The highest BCUT2D eigenvalue weighted by Crippen LogP contribution is 2.01. The number of anilines is 1. The summed E-state index contributed by atoms with van der Waals surface area (Å²) in [6.45, 7) is 0.431. The van der Waals surface area contributed by atoms with Gasteiger partial charge in [-0.05, 0) is 0 Å². The molecule has 0 radical (unpaired) electrons. The van der Waals surface area contributed by atoms with E-state index in [1.165, 1.54) is 12.4 Å². The summed E-state index contributed by atoms with van der Waals surface area (Å²) in [6.07, 6.45) is 7.29. The lowest BCUT2D eigenvalue weighted by Crippen LogP contribution is -2.06. The van der Waals surface area contributed by atoms with Gasteiger partial charge in [0, 0.05) is 24.8 Å². The van der Waals surface area contributed by atoms with Crippen LogP contribution in [0.2, 0.25) is 0 Å². The summed E-state index contributed by atoms with van der Waals surface area (Å²) >= 11 is 0. The van der Waals surface area contributed by atoms with E-state index in [0.717, 1.165) is 5.69 Å². The lowest BCUT2D eigenvalue weighted by molar-refractivity contribution is 0.0696. The molecular weight excluding hydrogens is 222 g/mol. The minimum absolute atomic E-state index is 0.0510. The summed E-state index contributed by atoms with van der Waals surface area (Å²) in [6, 6.07) is 0. The van der Waals surface area contributed by atoms with Crippen LogP contribution in [0.3, 0.4) is 0 Å². The van der Waals surface area contributed by atoms with Gasteiger partial charge in [0.25, 0.3) is 0 Å². The summed E-state index contributed by atoms with van der Waals surface area (Å²) in [7, 11) is 0. The number of aromatic nitrogens is 4. The van der Waals surface area contributed by atoms with Gasteiger partial charge in [0.05, 0.1) is 24.0 Å². The van der Waals surface area contributed by atoms with Crippen molar-refractivity contribution in [2.45, 2.75) is 6.54 Å². The molecule has 0 saturated carbocycles. The number of carbonyl (C=O) groups is 1. The molecule has 2 aromatic rings. The minimum atomic E-state index is -1.05. The van der Waals surface area contributed by atoms with Crippen LogP contribution >= 0.6 is 0 Å². The first-order valence-corrected chi connectivity index (χ1v) is 4.80. The maximum absolute atomic E-state index is 10.6. The molecule has 2 aromatic heterocycles. The first kappa shape index (κ1) is 10.9. The van der Waals surface area contributed by atoms with Crippen LogP contribution in [0.4, 0.5) is 5.95 Å². The van der Waals surface area contributed by atoms with Crippen LogP contribution in [0.25, 0.3) is 0 Å². The highest BCUT2D eigenvalue weighted by molar-refractivity contribution is 5.86. The molecule has 17 heavy (non-hydrogen) atoms. The van der Waals surface area contributed by atoms with Gasteiger partial charge in [0.1, 0.15) is 0 Å². The fourth-order valence-corrected chi connectivity index (χ4v) is 1.12. The highest BCUT2D eigenvalue weighted by Gasteiger charge is 2.03. The van der Waals surface area contributed by atoms with Crippen LogP contribution in [0.15, 0.2) is 31.0 Å². The largest absolute Gasteiger partial charge is 0.478 e. The van der Waals surface area contributed by atoms with Crippen LogP contribution < -0.4 is 5.32 Å². The first-order valence-electron chi connectivity index (χ1n) is 4.80. The predicted molar refractivity (Wildman–Crippen MR) is 58.4 cm³/mol. The number of rotatable bonds is 4. The lowest BCUT2D eigenvalue weighted by Gasteiger charge is -2.03. The van der Waals surface area contributed by atoms with E-state index in [-0.39, 0.29) is 5.56 Å². The Morgan fingerprint density at radius 3 is 2.53 bits per heavy atom. The summed E-state index contributed by atoms with van der Waals surface area (Å²) in [5, 5.41) is 11.6. The Bertz CT molecular complexity index is 500. The topological polar surface area (TPSA) is 101 Å². The molecule has 86 valence electrons. The van der Waals surface area contributed by atoms with Crippen molar-refractivity contribution in [2.24, 2.45) is 0 Å². The van der Waals surface area contributed by atoms with E-state index < -0.39 is 5.97 Å². The van der Waals surface area contributed by atoms with Crippen LogP contribution in [0.1, 0.15) is 16.1 Å². The SMILES string of the molecule is O=C(O)c1cnc(NCc2cnccn2)nc1. The second-order valence-corrected chi connectivity index (χ2v) is 3.15. The molecule has 2 N–H and O–H groups in total. The van der Waals surface area contributed by atoms with Crippen molar-refractivity contribution >= 4 is 11.9 Å². The Morgan fingerprint density at radius 2 is 1.94 bits per heavy atom. The molecule has 0 aromatic carbocycles. The van der Waals surface area contributed by atoms with E-state index in [1.807, 2.05) is 0 Å². The predicted octanol–water partition coefficient (Wildman–Crippen LogP) is 0.577. The summed E-state index contributed by atoms with van der Waals surface area (Å²) in [5.74, 6) is -0.703. The molecule has 2 rings (SSSR count). The van der Waals surface area contributed by atoms with Crippen molar-refractivity contribution in [3.63, 3.8) is 0 Å². The van der Waals surface area contributed by atoms with Crippen molar-refractivity contribution < 1.29 is 9.90 Å². The molecular formula is C10H9N5O2. The van der Waals surface area contributed by atoms with Crippen molar-refractivity contribution in [3.8, 4) is 0 Å².